The fourth-order valence-electron chi connectivity index (χ4n) is 4.47. The van der Waals surface area contributed by atoms with Crippen molar-refractivity contribution in [3.63, 3.8) is 0 Å². The van der Waals surface area contributed by atoms with Crippen LogP contribution in [0.5, 0.6) is 0 Å². The molecule has 1 aromatic carbocycles. The molecular formula is C23H33N3O. The summed E-state index contributed by atoms with van der Waals surface area (Å²) < 4.78 is 0. The number of hydrogen-bond acceptors (Lipinski definition) is 3. The van der Waals surface area contributed by atoms with Crippen molar-refractivity contribution in [1.29, 1.82) is 0 Å². The van der Waals surface area contributed by atoms with Gasteiger partial charge in [0, 0.05) is 25.2 Å². The summed E-state index contributed by atoms with van der Waals surface area (Å²) in [5.41, 5.74) is 1.27. The van der Waals surface area contributed by atoms with Crippen molar-refractivity contribution in [2.45, 2.75) is 50.6 Å². The van der Waals surface area contributed by atoms with Gasteiger partial charge in [-0.2, -0.15) is 0 Å². The van der Waals surface area contributed by atoms with Gasteiger partial charge in [-0.15, -0.1) is 0 Å². The lowest BCUT2D eigenvalue weighted by Crippen LogP contribution is -2.51. The lowest BCUT2D eigenvalue weighted by atomic mass is 9.93. The van der Waals surface area contributed by atoms with E-state index in [0.717, 1.165) is 19.5 Å². The van der Waals surface area contributed by atoms with Gasteiger partial charge in [0.1, 0.15) is 0 Å². The molecule has 1 aliphatic carbocycles. The molecule has 0 spiro atoms. The summed E-state index contributed by atoms with van der Waals surface area (Å²) in [5.74, 6) is 0.525. The molecular weight excluding hydrogens is 334 g/mol. The number of amides is 1. The van der Waals surface area contributed by atoms with Crippen molar-refractivity contribution in [1.82, 2.24) is 15.1 Å². The van der Waals surface area contributed by atoms with Crippen molar-refractivity contribution in [3.8, 4) is 0 Å². The molecule has 1 unspecified atom stereocenters. The van der Waals surface area contributed by atoms with E-state index in [4.69, 9.17) is 0 Å². The number of nitrogens with zero attached hydrogens (tertiary/aromatic N) is 2. The lowest BCUT2D eigenvalue weighted by molar-refractivity contribution is -0.127. The summed E-state index contributed by atoms with van der Waals surface area (Å²) in [6, 6.07) is 11.7. The highest BCUT2D eigenvalue weighted by Gasteiger charge is 2.33. The third-order valence-corrected chi connectivity index (χ3v) is 6.29. The molecule has 27 heavy (non-hydrogen) atoms. The lowest BCUT2D eigenvalue weighted by Gasteiger charge is -2.41. The molecule has 2 heterocycles. The Morgan fingerprint density at radius 3 is 2.56 bits per heavy atom. The van der Waals surface area contributed by atoms with Gasteiger partial charge in [0.25, 0.3) is 0 Å². The van der Waals surface area contributed by atoms with Gasteiger partial charge in [-0.3, -0.25) is 14.6 Å². The quantitative estimate of drug-likeness (QED) is 0.839. The van der Waals surface area contributed by atoms with Crippen molar-refractivity contribution in [3.05, 3.63) is 42.0 Å². The second kappa shape index (κ2) is 9.03. The molecule has 1 atom stereocenters. The first-order chi connectivity index (χ1) is 13.3. The van der Waals surface area contributed by atoms with Crippen LogP contribution in [0.25, 0.3) is 6.08 Å². The standard InChI is InChI=1S/C23H33N3O/c27-23(24-21-10-11-21)20-9-5-15-26(18-20)22-12-16-25(17-13-22)14-4-8-19-6-2-1-3-7-19/h1-4,6-8,20-22H,5,9-18H2,(H,24,27). The SMILES string of the molecule is O=C(NC1CC1)C1CCCN(C2CCN(CC=Cc3ccccc3)CC2)C1. The molecule has 3 fully saturated rings. The van der Waals surface area contributed by atoms with Gasteiger partial charge in [0.05, 0.1) is 5.92 Å². The number of likely N-dealkylation sites (tertiary alicyclic amines) is 2. The average molecular weight is 368 g/mol. The van der Waals surface area contributed by atoms with E-state index in [0.29, 0.717) is 18.0 Å². The maximum atomic E-state index is 12.4. The van der Waals surface area contributed by atoms with E-state index in [2.05, 4.69) is 57.6 Å². The third-order valence-electron chi connectivity index (χ3n) is 6.29. The third kappa shape index (κ3) is 5.43. The number of carbonyl (C=O) groups excluding carboxylic acids is 1. The van der Waals surface area contributed by atoms with Gasteiger partial charge in [0.15, 0.2) is 0 Å². The van der Waals surface area contributed by atoms with Crippen LogP contribution in [0.3, 0.4) is 0 Å². The zero-order valence-electron chi connectivity index (χ0n) is 16.4. The molecule has 2 saturated heterocycles. The highest BCUT2D eigenvalue weighted by Crippen LogP contribution is 2.25. The Bertz CT molecular complexity index is 632. The van der Waals surface area contributed by atoms with Crippen LogP contribution < -0.4 is 5.32 Å². The Hall–Kier alpha value is -1.65. The summed E-state index contributed by atoms with van der Waals surface area (Å²) in [6.45, 7) is 5.51. The monoisotopic (exact) mass is 367 g/mol. The predicted octanol–water partition coefficient (Wildman–Crippen LogP) is 3.15. The van der Waals surface area contributed by atoms with Gasteiger partial charge in [-0.1, -0.05) is 42.5 Å². The molecule has 1 amide bonds. The van der Waals surface area contributed by atoms with Crippen LogP contribution in [-0.2, 0) is 4.79 Å². The Morgan fingerprint density at radius 2 is 1.81 bits per heavy atom. The van der Waals surface area contributed by atoms with E-state index in [1.54, 1.807) is 0 Å². The fourth-order valence-corrected chi connectivity index (χ4v) is 4.47. The van der Waals surface area contributed by atoms with Crippen LogP contribution >= 0.6 is 0 Å². The maximum absolute atomic E-state index is 12.4. The van der Waals surface area contributed by atoms with E-state index < -0.39 is 0 Å². The normalized spacial score (nSPS) is 25.7. The summed E-state index contributed by atoms with van der Waals surface area (Å²) in [4.78, 5) is 17.6. The van der Waals surface area contributed by atoms with E-state index in [9.17, 15) is 4.79 Å². The molecule has 2 aliphatic heterocycles. The Balaban J connectivity index is 1.20. The summed E-state index contributed by atoms with van der Waals surface area (Å²) in [5, 5.41) is 3.21. The second-order valence-corrected chi connectivity index (χ2v) is 8.46. The number of nitrogens with one attached hydrogen (secondary N) is 1. The molecule has 0 bridgehead atoms. The molecule has 0 radical (unpaired) electrons. The molecule has 1 N–H and O–H groups in total. The summed E-state index contributed by atoms with van der Waals surface area (Å²) in [7, 11) is 0. The minimum Gasteiger partial charge on any atom is -0.353 e. The first-order valence-corrected chi connectivity index (χ1v) is 10.8. The van der Waals surface area contributed by atoms with Crippen LogP contribution in [0, 0.1) is 5.92 Å². The Morgan fingerprint density at radius 1 is 1.04 bits per heavy atom. The Labute approximate surface area is 163 Å². The van der Waals surface area contributed by atoms with Gasteiger partial charge in [-0.05, 0) is 63.7 Å². The highest BCUT2D eigenvalue weighted by molar-refractivity contribution is 5.79. The minimum absolute atomic E-state index is 0.214. The molecule has 0 aromatic heterocycles. The van der Waals surface area contributed by atoms with E-state index in [1.807, 2.05) is 0 Å². The summed E-state index contributed by atoms with van der Waals surface area (Å²) in [6.07, 6.45) is 11.6. The zero-order chi connectivity index (χ0) is 18.5. The number of piperidine rings is 2. The number of carbonyl (C=O) groups is 1. The van der Waals surface area contributed by atoms with Gasteiger partial charge in [-0.25, -0.2) is 0 Å². The fraction of sp³-hybridized carbons (Fsp3) is 0.609. The van der Waals surface area contributed by atoms with Gasteiger partial charge < -0.3 is 5.32 Å². The average Bonchev–Trinajstić information content (AvgIpc) is 3.53. The van der Waals surface area contributed by atoms with Crippen LogP contribution in [-0.4, -0.2) is 60.5 Å². The molecule has 146 valence electrons. The molecule has 4 nitrogen and oxygen atoms in total. The zero-order valence-corrected chi connectivity index (χ0v) is 16.4. The molecule has 1 saturated carbocycles. The van der Waals surface area contributed by atoms with Crippen LogP contribution in [0.2, 0.25) is 0 Å². The van der Waals surface area contributed by atoms with E-state index in [-0.39, 0.29) is 5.92 Å². The van der Waals surface area contributed by atoms with Crippen LogP contribution in [0.4, 0.5) is 0 Å². The van der Waals surface area contributed by atoms with Crippen LogP contribution in [0.15, 0.2) is 36.4 Å². The van der Waals surface area contributed by atoms with Crippen molar-refractivity contribution in [2.75, 3.05) is 32.7 Å². The smallest absolute Gasteiger partial charge is 0.224 e. The number of rotatable bonds is 6. The molecule has 4 rings (SSSR count). The van der Waals surface area contributed by atoms with Crippen molar-refractivity contribution < 1.29 is 4.79 Å². The van der Waals surface area contributed by atoms with Crippen molar-refractivity contribution in [2.24, 2.45) is 5.92 Å². The van der Waals surface area contributed by atoms with Gasteiger partial charge >= 0.3 is 0 Å². The van der Waals surface area contributed by atoms with Crippen LogP contribution in [0.1, 0.15) is 44.1 Å². The van der Waals surface area contributed by atoms with Crippen molar-refractivity contribution >= 4 is 12.0 Å². The number of hydrogen-bond donors (Lipinski definition) is 1. The molecule has 4 heteroatoms. The Kier molecular flexibility index (Phi) is 6.25. The predicted molar refractivity (Wildman–Crippen MR) is 110 cm³/mol. The highest BCUT2D eigenvalue weighted by atomic mass is 16.2. The molecule has 1 aromatic rings. The maximum Gasteiger partial charge on any atom is 0.224 e. The second-order valence-electron chi connectivity index (χ2n) is 8.46. The first kappa shape index (κ1) is 18.7. The largest absolute Gasteiger partial charge is 0.353 e. The van der Waals surface area contributed by atoms with Gasteiger partial charge in [0.2, 0.25) is 5.91 Å². The van der Waals surface area contributed by atoms with E-state index in [1.165, 1.54) is 57.3 Å². The topological polar surface area (TPSA) is 35.6 Å². The molecule has 3 aliphatic rings. The summed E-state index contributed by atoms with van der Waals surface area (Å²) >= 11 is 0. The minimum atomic E-state index is 0.214. The van der Waals surface area contributed by atoms with E-state index >= 15 is 0 Å². The first-order valence-electron chi connectivity index (χ1n) is 10.8. The number of benzene rings is 1.